The number of morpholine rings is 1. The minimum Gasteiger partial charge on any atom is -0.494 e. The predicted octanol–water partition coefficient (Wildman–Crippen LogP) is 1.68. The molecule has 1 aromatic carbocycles. The number of likely N-dealkylation sites (N-methyl/N-ethyl adjacent to an activating group) is 1. The standard InChI is InChI=1S/C16H26N2O2/c1-14-5-3-6-15(11-14)19-9-4-8-18(2)13-16-12-17-7-10-20-16/h3,5-6,11,16-17H,4,7-10,12-13H2,1-2H3. The monoisotopic (exact) mass is 278 g/mol. The maximum Gasteiger partial charge on any atom is 0.119 e. The van der Waals surface area contributed by atoms with E-state index in [1.54, 1.807) is 0 Å². The van der Waals surface area contributed by atoms with Crippen LogP contribution in [0.3, 0.4) is 0 Å². The summed E-state index contributed by atoms with van der Waals surface area (Å²) in [5.41, 5.74) is 1.24. The summed E-state index contributed by atoms with van der Waals surface area (Å²) in [5, 5.41) is 3.36. The summed E-state index contributed by atoms with van der Waals surface area (Å²) < 4.78 is 11.5. The molecule has 0 aromatic heterocycles. The molecule has 4 heteroatoms. The average molecular weight is 278 g/mol. The minimum absolute atomic E-state index is 0.325. The Morgan fingerprint density at radius 3 is 3.10 bits per heavy atom. The number of hydrogen-bond donors (Lipinski definition) is 1. The quantitative estimate of drug-likeness (QED) is 0.770. The molecule has 0 amide bonds. The third-order valence-electron chi connectivity index (χ3n) is 3.46. The summed E-state index contributed by atoms with van der Waals surface area (Å²) >= 11 is 0. The van der Waals surface area contributed by atoms with Crippen LogP contribution in [0.5, 0.6) is 5.75 Å². The van der Waals surface area contributed by atoms with Gasteiger partial charge in [-0.3, -0.25) is 0 Å². The van der Waals surface area contributed by atoms with Gasteiger partial charge in [0.1, 0.15) is 5.75 Å². The van der Waals surface area contributed by atoms with E-state index in [0.717, 1.165) is 51.6 Å². The van der Waals surface area contributed by atoms with Crippen molar-refractivity contribution in [2.24, 2.45) is 0 Å². The molecule has 1 atom stereocenters. The molecule has 1 N–H and O–H groups in total. The van der Waals surface area contributed by atoms with Crippen LogP contribution in [0, 0.1) is 6.92 Å². The number of rotatable bonds is 7. The van der Waals surface area contributed by atoms with Gasteiger partial charge in [-0.2, -0.15) is 0 Å². The first-order chi connectivity index (χ1) is 9.74. The van der Waals surface area contributed by atoms with Crippen molar-refractivity contribution in [3.63, 3.8) is 0 Å². The summed E-state index contributed by atoms with van der Waals surface area (Å²) in [6, 6.07) is 8.20. The van der Waals surface area contributed by atoms with E-state index in [2.05, 4.69) is 36.3 Å². The Morgan fingerprint density at radius 2 is 2.35 bits per heavy atom. The van der Waals surface area contributed by atoms with Crippen molar-refractivity contribution >= 4 is 0 Å². The van der Waals surface area contributed by atoms with Gasteiger partial charge in [0, 0.05) is 26.2 Å². The summed E-state index contributed by atoms with van der Waals surface area (Å²) in [6.07, 6.45) is 1.36. The van der Waals surface area contributed by atoms with E-state index >= 15 is 0 Å². The number of hydrogen-bond acceptors (Lipinski definition) is 4. The van der Waals surface area contributed by atoms with Crippen LogP contribution in [0.1, 0.15) is 12.0 Å². The van der Waals surface area contributed by atoms with E-state index in [0.29, 0.717) is 6.10 Å². The lowest BCUT2D eigenvalue weighted by Gasteiger charge is -2.27. The van der Waals surface area contributed by atoms with Gasteiger partial charge in [0.05, 0.1) is 19.3 Å². The van der Waals surface area contributed by atoms with Gasteiger partial charge >= 0.3 is 0 Å². The molecular weight excluding hydrogens is 252 g/mol. The molecule has 0 aliphatic carbocycles. The van der Waals surface area contributed by atoms with Gasteiger partial charge in [0.15, 0.2) is 0 Å². The maximum absolute atomic E-state index is 5.76. The molecule has 112 valence electrons. The lowest BCUT2D eigenvalue weighted by molar-refractivity contribution is 0.00950. The van der Waals surface area contributed by atoms with Crippen LogP contribution in [-0.4, -0.2) is 57.4 Å². The van der Waals surface area contributed by atoms with Crippen LogP contribution in [0.2, 0.25) is 0 Å². The van der Waals surface area contributed by atoms with E-state index in [-0.39, 0.29) is 0 Å². The predicted molar refractivity (Wildman–Crippen MR) is 81.4 cm³/mol. The molecule has 1 aliphatic rings. The van der Waals surface area contributed by atoms with Crippen molar-refractivity contribution in [1.82, 2.24) is 10.2 Å². The van der Waals surface area contributed by atoms with Gasteiger partial charge in [-0.05, 0) is 38.1 Å². The second-order valence-corrected chi connectivity index (χ2v) is 5.48. The highest BCUT2D eigenvalue weighted by molar-refractivity contribution is 5.27. The van der Waals surface area contributed by atoms with Crippen molar-refractivity contribution in [3.8, 4) is 5.75 Å². The third-order valence-corrected chi connectivity index (χ3v) is 3.46. The Hall–Kier alpha value is -1.10. The molecular formula is C16H26N2O2. The normalized spacial score (nSPS) is 19.2. The molecule has 0 radical (unpaired) electrons. The van der Waals surface area contributed by atoms with E-state index < -0.39 is 0 Å². The molecule has 1 heterocycles. The molecule has 0 bridgehead atoms. The summed E-state index contributed by atoms with van der Waals surface area (Å²) in [5.74, 6) is 0.965. The highest BCUT2D eigenvalue weighted by Gasteiger charge is 2.14. The van der Waals surface area contributed by atoms with Crippen molar-refractivity contribution in [2.45, 2.75) is 19.4 Å². The smallest absolute Gasteiger partial charge is 0.119 e. The third kappa shape index (κ3) is 5.49. The fraction of sp³-hybridized carbons (Fsp3) is 0.625. The number of nitrogens with zero attached hydrogens (tertiary/aromatic N) is 1. The largest absolute Gasteiger partial charge is 0.494 e. The highest BCUT2D eigenvalue weighted by Crippen LogP contribution is 2.12. The molecule has 1 unspecified atom stereocenters. The fourth-order valence-corrected chi connectivity index (χ4v) is 2.41. The average Bonchev–Trinajstić information content (AvgIpc) is 2.45. The highest BCUT2D eigenvalue weighted by atomic mass is 16.5. The molecule has 20 heavy (non-hydrogen) atoms. The van der Waals surface area contributed by atoms with Crippen LogP contribution in [0.25, 0.3) is 0 Å². The van der Waals surface area contributed by atoms with E-state index in [9.17, 15) is 0 Å². The maximum atomic E-state index is 5.76. The second-order valence-electron chi connectivity index (χ2n) is 5.48. The van der Waals surface area contributed by atoms with Gasteiger partial charge in [-0.25, -0.2) is 0 Å². The zero-order valence-corrected chi connectivity index (χ0v) is 12.6. The second kappa shape index (κ2) is 8.25. The van der Waals surface area contributed by atoms with Crippen LogP contribution in [0.15, 0.2) is 24.3 Å². The summed E-state index contributed by atoms with van der Waals surface area (Å²) in [4.78, 5) is 2.32. The lowest BCUT2D eigenvalue weighted by Crippen LogP contribution is -2.44. The number of ether oxygens (including phenoxy) is 2. The van der Waals surface area contributed by atoms with Crippen molar-refractivity contribution < 1.29 is 9.47 Å². The first kappa shape index (κ1) is 15.3. The van der Waals surface area contributed by atoms with Crippen molar-refractivity contribution in [1.29, 1.82) is 0 Å². The van der Waals surface area contributed by atoms with Crippen molar-refractivity contribution in [3.05, 3.63) is 29.8 Å². The molecule has 0 spiro atoms. The van der Waals surface area contributed by atoms with E-state index in [1.807, 2.05) is 12.1 Å². The van der Waals surface area contributed by atoms with Gasteiger partial charge in [0.2, 0.25) is 0 Å². The molecule has 1 aromatic rings. The minimum atomic E-state index is 0.325. The molecule has 1 aliphatic heterocycles. The topological polar surface area (TPSA) is 33.7 Å². The number of benzene rings is 1. The van der Waals surface area contributed by atoms with Gasteiger partial charge in [0.25, 0.3) is 0 Å². The summed E-state index contributed by atoms with van der Waals surface area (Å²) in [6.45, 7) is 7.63. The van der Waals surface area contributed by atoms with Gasteiger partial charge in [-0.15, -0.1) is 0 Å². The van der Waals surface area contributed by atoms with Crippen molar-refractivity contribution in [2.75, 3.05) is 46.4 Å². The Bertz CT molecular complexity index is 392. The SMILES string of the molecule is Cc1cccc(OCCCN(C)CC2CNCCO2)c1. The number of aryl methyl sites for hydroxylation is 1. The van der Waals surface area contributed by atoms with Crippen LogP contribution in [0.4, 0.5) is 0 Å². The van der Waals surface area contributed by atoms with E-state index in [1.165, 1.54) is 5.56 Å². The van der Waals surface area contributed by atoms with Crippen LogP contribution in [-0.2, 0) is 4.74 Å². The fourth-order valence-electron chi connectivity index (χ4n) is 2.41. The zero-order valence-electron chi connectivity index (χ0n) is 12.6. The zero-order chi connectivity index (χ0) is 14.2. The molecule has 1 fully saturated rings. The molecule has 0 saturated carbocycles. The molecule has 1 saturated heterocycles. The van der Waals surface area contributed by atoms with Gasteiger partial charge < -0.3 is 19.7 Å². The Balaban J connectivity index is 1.58. The first-order valence-electron chi connectivity index (χ1n) is 7.44. The lowest BCUT2D eigenvalue weighted by atomic mass is 10.2. The van der Waals surface area contributed by atoms with Crippen LogP contribution >= 0.6 is 0 Å². The Labute approximate surface area is 122 Å². The Morgan fingerprint density at radius 1 is 1.45 bits per heavy atom. The molecule has 4 nitrogen and oxygen atoms in total. The Kier molecular flexibility index (Phi) is 6.30. The van der Waals surface area contributed by atoms with E-state index in [4.69, 9.17) is 9.47 Å². The summed E-state index contributed by atoms with van der Waals surface area (Å²) in [7, 11) is 2.14. The number of nitrogens with one attached hydrogen (secondary N) is 1. The van der Waals surface area contributed by atoms with Crippen LogP contribution < -0.4 is 10.1 Å². The molecule has 2 rings (SSSR count). The van der Waals surface area contributed by atoms with Gasteiger partial charge in [-0.1, -0.05) is 12.1 Å². The first-order valence-corrected chi connectivity index (χ1v) is 7.44.